The molecule has 0 bridgehead atoms. The van der Waals surface area contributed by atoms with E-state index in [1.807, 2.05) is 18.2 Å². The number of halogens is 1. The Bertz CT molecular complexity index is 755. The Labute approximate surface area is 142 Å². The van der Waals surface area contributed by atoms with E-state index in [0.29, 0.717) is 0 Å². The number of aryl methyl sites for hydroxylation is 2. The minimum absolute atomic E-state index is 0.0565. The van der Waals surface area contributed by atoms with E-state index < -0.39 is 5.60 Å². The molecule has 4 rings (SSSR count). The first-order valence-corrected chi connectivity index (χ1v) is 8.73. The standard InChI is InChI=1S/C20H23FN2O/c1-23-11-8-16(9-12-23)20(24)18-13-17(21)7-6-14(18)4-5-15-3-2-10-22-19(15)20/h2-3,6-7,10,13,16,24H,4-5,8-9,11-12H2,1H3. The van der Waals surface area contributed by atoms with Crippen molar-refractivity contribution >= 4 is 0 Å². The van der Waals surface area contributed by atoms with E-state index in [9.17, 15) is 9.50 Å². The zero-order valence-corrected chi connectivity index (χ0v) is 14.0. The highest BCUT2D eigenvalue weighted by molar-refractivity contribution is 5.45. The van der Waals surface area contributed by atoms with Crippen LogP contribution in [0.2, 0.25) is 0 Å². The summed E-state index contributed by atoms with van der Waals surface area (Å²) in [5.41, 5.74) is 2.36. The number of aromatic nitrogens is 1. The number of likely N-dealkylation sites (tertiary alicyclic amines) is 1. The minimum Gasteiger partial charge on any atom is -0.378 e. The third-order valence-corrected chi connectivity index (χ3v) is 5.71. The number of hydrogen-bond donors (Lipinski definition) is 1. The first-order chi connectivity index (χ1) is 11.6. The number of piperidine rings is 1. The molecule has 0 spiro atoms. The van der Waals surface area contributed by atoms with Crippen LogP contribution in [0.3, 0.4) is 0 Å². The maximum Gasteiger partial charge on any atom is 0.135 e. The molecular formula is C20H23FN2O. The fourth-order valence-electron chi connectivity index (χ4n) is 4.34. The lowest BCUT2D eigenvalue weighted by Gasteiger charge is -2.41. The highest BCUT2D eigenvalue weighted by atomic mass is 19.1. The summed E-state index contributed by atoms with van der Waals surface area (Å²) >= 11 is 0. The summed E-state index contributed by atoms with van der Waals surface area (Å²) in [6.07, 6.45) is 5.15. The normalized spacial score (nSPS) is 25.0. The van der Waals surface area contributed by atoms with Crippen LogP contribution in [-0.2, 0) is 18.4 Å². The topological polar surface area (TPSA) is 36.4 Å². The van der Waals surface area contributed by atoms with Crippen molar-refractivity contribution in [2.45, 2.75) is 31.3 Å². The van der Waals surface area contributed by atoms with Crippen LogP contribution in [0.5, 0.6) is 0 Å². The number of rotatable bonds is 1. The van der Waals surface area contributed by atoms with Gasteiger partial charge in [0, 0.05) is 12.1 Å². The smallest absolute Gasteiger partial charge is 0.135 e. The maximum atomic E-state index is 14.0. The van der Waals surface area contributed by atoms with E-state index >= 15 is 0 Å². The van der Waals surface area contributed by atoms with Crippen molar-refractivity contribution in [1.29, 1.82) is 0 Å². The molecule has 1 aliphatic heterocycles. The van der Waals surface area contributed by atoms with Gasteiger partial charge in [-0.3, -0.25) is 4.98 Å². The summed E-state index contributed by atoms with van der Waals surface area (Å²) in [5, 5.41) is 11.9. The van der Waals surface area contributed by atoms with Crippen molar-refractivity contribution in [1.82, 2.24) is 9.88 Å². The van der Waals surface area contributed by atoms with Gasteiger partial charge in [0.15, 0.2) is 0 Å². The molecule has 0 radical (unpaired) electrons. The number of nitrogens with zero attached hydrogens (tertiary/aromatic N) is 2. The predicted molar refractivity (Wildman–Crippen MR) is 91.3 cm³/mol. The summed E-state index contributed by atoms with van der Waals surface area (Å²) < 4.78 is 14.0. The molecule has 1 saturated heterocycles. The fraction of sp³-hybridized carbons (Fsp3) is 0.450. The van der Waals surface area contributed by atoms with Gasteiger partial charge in [0.1, 0.15) is 11.4 Å². The summed E-state index contributed by atoms with van der Waals surface area (Å²) in [7, 11) is 2.10. The molecule has 1 atom stereocenters. The summed E-state index contributed by atoms with van der Waals surface area (Å²) in [4.78, 5) is 6.85. The average molecular weight is 326 g/mol. The van der Waals surface area contributed by atoms with Crippen molar-refractivity contribution in [3.8, 4) is 0 Å². The zero-order valence-electron chi connectivity index (χ0n) is 14.0. The minimum atomic E-state index is -1.20. The highest BCUT2D eigenvalue weighted by Crippen LogP contribution is 2.45. The van der Waals surface area contributed by atoms with Crippen molar-refractivity contribution in [3.63, 3.8) is 0 Å². The Morgan fingerprint density at radius 2 is 1.92 bits per heavy atom. The van der Waals surface area contributed by atoms with Gasteiger partial charge in [-0.15, -0.1) is 0 Å². The van der Waals surface area contributed by atoms with Crippen LogP contribution in [0, 0.1) is 11.7 Å². The van der Waals surface area contributed by atoms with E-state index in [0.717, 1.165) is 61.2 Å². The van der Waals surface area contributed by atoms with Crippen molar-refractivity contribution in [2.75, 3.05) is 20.1 Å². The largest absolute Gasteiger partial charge is 0.378 e. The summed E-state index contributed by atoms with van der Waals surface area (Å²) in [6.45, 7) is 1.89. The molecule has 1 fully saturated rings. The molecule has 3 nitrogen and oxygen atoms in total. The maximum absolute atomic E-state index is 14.0. The van der Waals surface area contributed by atoms with Crippen molar-refractivity contribution in [2.24, 2.45) is 5.92 Å². The lowest BCUT2D eigenvalue weighted by molar-refractivity contribution is -0.0150. The van der Waals surface area contributed by atoms with Crippen LogP contribution in [0.25, 0.3) is 0 Å². The third kappa shape index (κ3) is 2.45. The lowest BCUT2D eigenvalue weighted by atomic mass is 9.72. The Kier molecular flexibility index (Phi) is 3.89. The van der Waals surface area contributed by atoms with Crippen molar-refractivity contribution < 1.29 is 9.50 Å². The van der Waals surface area contributed by atoms with E-state index in [4.69, 9.17) is 0 Å². The summed E-state index contributed by atoms with van der Waals surface area (Å²) in [6, 6.07) is 8.82. The van der Waals surface area contributed by atoms with Gasteiger partial charge in [0.25, 0.3) is 0 Å². The molecule has 24 heavy (non-hydrogen) atoms. The predicted octanol–water partition coefficient (Wildman–Crippen LogP) is 2.90. The average Bonchev–Trinajstić information content (AvgIpc) is 2.72. The SMILES string of the molecule is CN1CCC(C2(O)c3cc(F)ccc3CCc3cccnc32)CC1. The molecule has 0 saturated carbocycles. The zero-order chi connectivity index (χ0) is 16.7. The molecule has 1 unspecified atom stereocenters. The Morgan fingerprint density at radius 1 is 1.17 bits per heavy atom. The molecule has 4 heteroatoms. The molecular weight excluding hydrogens is 303 g/mol. The molecule has 1 aromatic carbocycles. The van der Waals surface area contributed by atoms with Crippen LogP contribution < -0.4 is 0 Å². The Morgan fingerprint density at radius 3 is 2.71 bits per heavy atom. The van der Waals surface area contributed by atoms with Gasteiger partial charge in [0.2, 0.25) is 0 Å². The number of pyridine rings is 1. The molecule has 2 aliphatic rings. The lowest BCUT2D eigenvalue weighted by Crippen LogP contribution is -2.44. The van der Waals surface area contributed by atoms with E-state index in [2.05, 4.69) is 16.9 Å². The summed E-state index contributed by atoms with van der Waals surface area (Å²) in [5.74, 6) is -0.236. The fourth-order valence-corrected chi connectivity index (χ4v) is 4.34. The second-order valence-corrected chi connectivity index (χ2v) is 7.16. The first-order valence-electron chi connectivity index (χ1n) is 8.73. The van der Waals surface area contributed by atoms with E-state index in [-0.39, 0.29) is 11.7 Å². The molecule has 126 valence electrons. The van der Waals surface area contributed by atoms with Crippen LogP contribution in [0.1, 0.15) is 35.2 Å². The van der Waals surface area contributed by atoms with Crippen molar-refractivity contribution in [3.05, 3.63) is 64.7 Å². The second-order valence-electron chi connectivity index (χ2n) is 7.16. The van der Waals surface area contributed by atoms with Gasteiger partial charge in [0.05, 0.1) is 5.69 Å². The molecule has 1 aliphatic carbocycles. The number of hydrogen-bond acceptors (Lipinski definition) is 3. The molecule has 2 aromatic rings. The number of aliphatic hydroxyl groups is 1. The third-order valence-electron chi connectivity index (χ3n) is 5.71. The van der Waals surface area contributed by atoms with Gasteiger partial charge < -0.3 is 10.0 Å². The molecule has 0 amide bonds. The van der Waals surface area contributed by atoms with Crippen LogP contribution in [0.15, 0.2) is 36.5 Å². The van der Waals surface area contributed by atoms with Crippen LogP contribution in [0.4, 0.5) is 4.39 Å². The quantitative estimate of drug-likeness (QED) is 0.875. The first kappa shape index (κ1) is 15.7. The van der Waals surface area contributed by atoms with Gasteiger partial charge in [-0.1, -0.05) is 12.1 Å². The molecule has 1 aromatic heterocycles. The van der Waals surface area contributed by atoms with Gasteiger partial charge in [-0.2, -0.15) is 0 Å². The second kappa shape index (κ2) is 5.94. The van der Waals surface area contributed by atoms with Crippen LogP contribution >= 0.6 is 0 Å². The van der Waals surface area contributed by atoms with Gasteiger partial charge in [-0.05, 0) is 80.7 Å². The van der Waals surface area contributed by atoms with Crippen LogP contribution in [-0.4, -0.2) is 35.1 Å². The monoisotopic (exact) mass is 326 g/mol. The van der Waals surface area contributed by atoms with E-state index in [1.165, 1.54) is 12.1 Å². The van der Waals surface area contributed by atoms with Gasteiger partial charge in [-0.25, -0.2) is 4.39 Å². The number of fused-ring (bicyclic) bond motifs is 2. The van der Waals surface area contributed by atoms with E-state index in [1.54, 1.807) is 6.20 Å². The molecule has 1 N–H and O–H groups in total. The number of benzene rings is 1. The molecule has 2 heterocycles. The Hall–Kier alpha value is -1.78. The highest BCUT2D eigenvalue weighted by Gasteiger charge is 2.46. The Balaban J connectivity index is 1.91. The van der Waals surface area contributed by atoms with Gasteiger partial charge >= 0.3 is 0 Å².